The number of rotatable bonds is 7. The standard InChI is InChI=1S/C21H21FO4/c1-4-25-21(24)17(20(23)14(2)3)12-15-10-11-18(22)19(13-15)26-16-8-6-5-7-9-16/h5-14H,4H2,1-3H3/b17-12+. The Morgan fingerprint density at radius 2 is 1.81 bits per heavy atom. The Hall–Kier alpha value is -2.95. The zero-order chi connectivity index (χ0) is 19.1. The van der Waals surface area contributed by atoms with Crippen LogP contribution in [0, 0.1) is 11.7 Å². The molecule has 2 aromatic carbocycles. The SMILES string of the molecule is CCOC(=O)/C(=C/c1ccc(F)c(Oc2ccccc2)c1)C(=O)C(C)C. The van der Waals surface area contributed by atoms with E-state index in [2.05, 4.69) is 0 Å². The summed E-state index contributed by atoms with van der Waals surface area (Å²) in [6, 6.07) is 12.9. The summed E-state index contributed by atoms with van der Waals surface area (Å²) in [4.78, 5) is 24.5. The summed E-state index contributed by atoms with van der Waals surface area (Å²) >= 11 is 0. The smallest absolute Gasteiger partial charge is 0.341 e. The average molecular weight is 356 g/mol. The Morgan fingerprint density at radius 3 is 2.42 bits per heavy atom. The number of benzene rings is 2. The van der Waals surface area contributed by atoms with Gasteiger partial charge in [0.05, 0.1) is 6.61 Å². The van der Waals surface area contributed by atoms with Crippen molar-refractivity contribution in [3.05, 3.63) is 65.5 Å². The lowest BCUT2D eigenvalue weighted by Crippen LogP contribution is -2.19. The topological polar surface area (TPSA) is 52.6 Å². The molecule has 0 N–H and O–H groups in total. The molecule has 0 aliphatic heterocycles. The van der Waals surface area contributed by atoms with Crippen LogP contribution in [0.1, 0.15) is 26.3 Å². The van der Waals surface area contributed by atoms with E-state index in [1.807, 2.05) is 6.07 Å². The molecule has 0 unspecified atom stereocenters. The highest BCUT2D eigenvalue weighted by Crippen LogP contribution is 2.26. The minimum atomic E-state index is -0.693. The second-order valence-corrected chi connectivity index (χ2v) is 5.90. The van der Waals surface area contributed by atoms with Gasteiger partial charge in [-0.15, -0.1) is 0 Å². The number of hydrogen-bond donors (Lipinski definition) is 0. The van der Waals surface area contributed by atoms with Crippen LogP contribution in [-0.4, -0.2) is 18.4 Å². The molecule has 0 aromatic heterocycles. The summed E-state index contributed by atoms with van der Waals surface area (Å²) in [5.41, 5.74) is 0.397. The van der Waals surface area contributed by atoms with Crippen molar-refractivity contribution in [2.24, 2.45) is 5.92 Å². The zero-order valence-electron chi connectivity index (χ0n) is 15.0. The van der Waals surface area contributed by atoms with Crippen LogP contribution in [0.2, 0.25) is 0 Å². The molecule has 136 valence electrons. The maximum absolute atomic E-state index is 14.1. The summed E-state index contributed by atoms with van der Waals surface area (Å²) in [5.74, 6) is -1.45. The molecule has 0 aliphatic rings. The molecule has 2 rings (SSSR count). The van der Waals surface area contributed by atoms with Crippen molar-refractivity contribution < 1.29 is 23.5 Å². The lowest BCUT2D eigenvalue weighted by Gasteiger charge is -2.10. The van der Waals surface area contributed by atoms with E-state index in [1.54, 1.807) is 45.0 Å². The maximum atomic E-state index is 14.1. The molecule has 0 saturated carbocycles. The largest absolute Gasteiger partial charge is 0.462 e. The summed E-state index contributed by atoms with van der Waals surface area (Å²) in [7, 11) is 0. The fourth-order valence-electron chi connectivity index (χ4n) is 2.22. The molecule has 0 spiro atoms. The van der Waals surface area contributed by atoms with Crippen molar-refractivity contribution in [2.75, 3.05) is 6.61 Å². The third-order valence-corrected chi connectivity index (χ3v) is 3.52. The molecule has 4 nitrogen and oxygen atoms in total. The van der Waals surface area contributed by atoms with Crippen molar-refractivity contribution >= 4 is 17.8 Å². The van der Waals surface area contributed by atoms with Crippen LogP contribution >= 0.6 is 0 Å². The van der Waals surface area contributed by atoms with Crippen LogP contribution in [-0.2, 0) is 14.3 Å². The first-order valence-electron chi connectivity index (χ1n) is 8.37. The molecular formula is C21H21FO4. The van der Waals surface area contributed by atoms with Crippen LogP contribution in [0.25, 0.3) is 6.08 Å². The number of halogens is 1. The Bertz CT molecular complexity index is 810. The number of para-hydroxylation sites is 1. The summed E-state index contributed by atoms with van der Waals surface area (Å²) in [6.45, 7) is 5.22. The molecule has 0 bridgehead atoms. The number of ketones is 1. The molecule has 0 atom stereocenters. The van der Waals surface area contributed by atoms with E-state index in [1.165, 1.54) is 24.3 Å². The van der Waals surface area contributed by atoms with Gasteiger partial charge in [-0.1, -0.05) is 38.1 Å². The maximum Gasteiger partial charge on any atom is 0.341 e. The van der Waals surface area contributed by atoms with Gasteiger partial charge in [0.15, 0.2) is 17.3 Å². The summed E-state index contributed by atoms with van der Waals surface area (Å²) in [5, 5.41) is 0. The fourth-order valence-corrected chi connectivity index (χ4v) is 2.22. The third-order valence-electron chi connectivity index (χ3n) is 3.52. The zero-order valence-corrected chi connectivity index (χ0v) is 15.0. The Balaban J connectivity index is 2.38. The summed E-state index contributed by atoms with van der Waals surface area (Å²) < 4.78 is 24.6. The van der Waals surface area contributed by atoms with Crippen LogP contribution in [0.5, 0.6) is 11.5 Å². The molecule has 0 heterocycles. The number of Topliss-reactive ketones (excluding diaryl/α,β-unsaturated/α-hetero) is 1. The van der Waals surface area contributed by atoms with Crippen molar-refractivity contribution in [1.29, 1.82) is 0 Å². The Morgan fingerprint density at radius 1 is 1.12 bits per heavy atom. The third kappa shape index (κ3) is 5.02. The Kier molecular flexibility index (Phi) is 6.67. The van der Waals surface area contributed by atoms with Gasteiger partial charge in [0.2, 0.25) is 0 Å². The molecule has 26 heavy (non-hydrogen) atoms. The fraction of sp³-hybridized carbons (Fsp3) is 0.238. The number of ether oxygens (including phenoxy) is 2. The molecule has 0 aliphatic carbocycles. The minimum Gasteiger partial charge on any atom is -0.462 e. The number of carbonyl (C=O) groups is 2. The van der Waals surface area contributed by atoms with Crippen LogP contribution in [0.4, 0.5) is 4.39 Å². The van der Waals surface area contributed by atoms with Crippen LogP contribution in [0.3, 0.4) is 0 Å². The molecule has 0 amide bonds. The van der Waals surface area contributed by atoms with Gasteiger partial charge in [-0.05, 0) is 42.8 Å². The van der Waals surface area contributed by atoms with Gasteiger partial charge in [0.25, 0.3) is 0 Å². The van der Waals surface area contributed by atoms with Gasteiger partial charge >= 0.3 is 5.97 Å². The van der Waals surface area contributed by atoms with Gasteiger partial charge < -0.3 is 9.47 Å². The van der Waals surface area contributed by atoms with Gasteiger partial charge in [-0.25, -0.2) is 9.18 Å². The average Bonchev–Trinajstić information content (AvgIpc) is 2.62. The number of hydrogen-bond acceptors (Lipinski definition) is 4. The van der Waals surface area contributed by atoms with Crippen molar-refractivity contribution in [3.8, 4) is 11.5 Å². The summed E-state index contributed by atoms with van der Waals surface area (Å²) in [6.07, 6.45) is 1.40. The van der Waals surface area contributed by atoms with Crippen LogP contribution in [0.15, 0.2) is 54.1 Å². The van der Waals surface area contributed by atoms with E-state index in [-0.39, 0.29) is 29.6 Å². The van der Waals surface area contributed by atoms with Crippen molar-refractivity contribution in [1.82, 2.24) is 0 Å². The van der Waals surface area contributed by atoms with E-state index < -0.39 is 11.8 Å². The van der Waals surface area contributed by atoms with Gasteiger partial charge in [0, 0.05) is 5.92 Å². The van der Waals surface area contributed by atoms with Gasteiger partial charge in [0.1, 0.15) is 11.3 Å². The molecule has 2 aromatic rings. The lowest BCUT2D eigenvalue weighted by atomic mass is 9.99. The normalized spacial score (nSPS) is 11.3. The van der Waals surface area contributed by atoms with E-state index in [0.717, 1.165) is 0 Å². The predicted molar refractivity (Wildman–Crippen MR) is 97.4 cm³/mol. The first-order chi connectivity index (χ1) is 12.4. The molecular weight excluding hydrogens is 335 g/mol. The molecule has 0 radical (unpaired) electrons. The first kappa shape index (κ1) is 19.4. The van der Waals surface area contributed by atoms with Gasteiger partial charge in [-0.2, -0.15) is 0 Å². The number of carbonyl (C=O) groups excluding carboxylic acids is 2. The quantitative estimate of drug-likeness (QED) is 0.310. The second kappa shape index (κ2) is 8.94. The van der Waals surface area contributed by atoms with E-state index >= 15 is 0 Å². The van der Waals surface area contributed by atoms with E-state index in [9.17, 15) is 14.0 Å². The monoisotopic (exact) mass is 356 g/mol. The highest BCUT2D eigenvalue weighted by atomic mass is 19.1. The van der Waals surface area contributed by atoms with Crippen LogP contribution < -0.4 is 4.74 Å². The first-order valence-corrected chi connectivity index (χ1v) is 8.37. The lowest BCUT2D eigenvalue weighted by molar-refractivity contribution is -0.140. The van der Waals surface area contributed by atoms with Crippen molar-refractivity contribution in [2.45, 2.75) is 20.8 Å². The van der Waals surface area contributed by atoms with E-state index in [0.29, 0.717) is 11.3 Å². The molecule has 5 heteroatoms. The molecule has 0 saturated heterocycles. The Labute approximate surface area is 152 Å². The number of esters is 1. The highest BCUT2D eigenvalue weighted by Gasteiger charge is 2.22. The highest BCUT2D eigenvalue weighted by molar-refractivity contribution is 6.21. The van der Waals surface area contributed by atoms with E-state index in [4.69, 9.17) is 9.47 Å². The van der Waals surface area contributed by atoms with Gasteiger partial charge in [-0.3, -0.25) is 4.79 Å². The predicted octanol–water partition coefficient (Wildman–Crippen LogP) is 4.79. The van der Waals surface area contributed by atoms with Crippen molar-refractivity contribution in [3.63, 3.8) is 0 Å². The molecule has 0 fully saturated rings. The second-order valence-electron chi connectivity index (χ2n) is 5.90. The minimum absolute atomic E-state index is 0.00477.